The van der Waals surface area contributed by atoms with Crippen LogP contribution in [0.3, 0.4) is 0 Å². The number of hydrogen-bond acceptors (Lipinski definition) is 24. The highest BCUT2D eigenvalue weighted by atomic mass is 35.5. The molecule has 5 amide bonds. The number of rotatable bonds is 24. The van der Waals surface area contributed by atoms with Crippen molar-refractivity contribution in [2.75, 3.05) is 109 Å². The fraction of sp³-hybridized carbons (Fsp3) is 0.222. The minimum atomic E-state index is -3.78. The van der Waals surface area contributed by atoms with Crippen LogP contribution in [-0.4, -0.2) is 185 Å². The van der Waals surface area contributed by atoms with Crippen LogP contribution in [0.5, 0.6) is 0 Å². The van der Waals surface area contributed by atoms with E-state index in [2.05, 4.69) is 58.9 Å². The predicted molar refractivity (Wildman–Crippen MR) is 530 cm³/mol. The van der Waals surface area contributed by atoms with Crippen LogP contribution in [0.2, 0.25) is 15.1 Å². The number of carbonyl (C=O) groups is 5. The molecule has 0 spiro atoms. The zero-order chi connectivity index (χ0) is 93.5. The number of piperazine rings is 2. The van der Waals surface area contributed by atoms with Crippen molar-refractivity contribution in [3.05, 3.63) is 286 Å². The maximum atomic E-state index is 13.3. The summed E-state index contributed by atoms with van der Waals surface area (Å²) in [5, 5.41) is 13.1. The molecule has 4 fully saturated rings. The van der Waals surface area contributed by atoms with Crippen molar-refractivity contribution in [3.8, 4) is 0 Å². The highest BCUT2D eigenvalue weighted by Gasteiger charge is 2.41. The van der Waals surface area contributed by atoms with Crippen LogP contribution in [0.4, 0.5) is 54.0 Å². The molecule has 0 bridgehead atoms. The number of anilines is 9. The zero-order valence-electron chi connectivity index (χ0n) is 70.9. The van der Waals surface area contributed by atoms with Crippen LogP contribution in [0.15, 0.2) is 273 Å². The summed E-state index contributed by atoms with van der Waals surface area (Å²) in [5.74, 6) is -0.506. The van der Waals surface area contributed by atoms with E-state index >= 15 is 0 Å². The van der Waals surface area contributed by atoms with Crippen LogP contribution < -0.4 is 48.7 Å². The number of nitrogens with one attached hydrogen (secondary N) is 5. The number of benzene rings is 8. The predicted octanol–water partition coefficient (Wildman–Crippen LogP) is 16.2. The summed E-state index contributed by atoms with van der Waals surface area (Å²) in [6.07, 6.45) is 13.3. The Morgan fingerprint density at radius 3 is 1.43 bits per heavy atom. The van der Waals surface area contributed by atoms with Crippen LogP contribution in [-0.2, 0) is 77.0 Å². The first-order chi connectivity index (χ1) is 63.9. The number of sulfonamides is 4. The van der Waals surface area contributed by atoms with E-state index in [0.717, 1.165) is 51.7 Å². The van der Waals surface area contributed by atoms with E-state index in [1.165, 1.54) is 125 Å². The lowest BCUT2D eigenvalue weighted by Crippen LogP contribution is -2.53. The minimum Gasteiger partial charge on any atom is -0.368 e. The molecule has 11 heterocycles. The molecule has 8 aromatic carbocycles. The molecule has 14 aromatic rings. The molecule has 0 radical (unpaired) electrons. The van der Waals surface area contributed by atoms with Crippen molar-refractivity contribution in [1.29, 1.82) is 0 Å². The van der Waals surface area contributed by atoms with E-state index in [1.807, 2.05) is 94.0 Å². The summed E-state index contributed by atoms with van der Waals surface area (Å²) in [7, 11) is -15.0. The number of halogens is 4. The van der Waals surface area contributed by atoms with Gasteiger partial charge in [-0.1, -0.05) is 59.1 Å². The molecule has 4 saturated heterocycles. The maximum absolute atomic E-state index is 13.3. The third-order valence-electron chi connectivity index (χ3n) is 22.9. The first kappa shape index (κ1) is 93.7. The summed E-state index contributed by atoms with van der Waals surface area (Å²) in [4.78, 5) is 97.9. The Labute approximate surface area is 803 Å². The summed E-state index contributed by atoms with van der Waals surface area (Å²) in [6, 6.07) is 52.5. The van der Waals surface area contributed by atoms with Gasteiger partial charge in [0.15, 0.2) is 15.4 Å². The van der Waals surface area contributed by atoms with Crippen molar-refractivity contribution >= 4 is 210 Å². The van der Waals surface area contributed by atoms with Gasteiger partial charge in [-0.2, -0.15) is 0 Å². The van der Waals surface area contributed by atoms with Gasteiger partial charge < -0.3 is 48.8 Å². The van der Waals surface area contributed by atoms with Crippen LogP contribution in [0, 0.1) is 5.82 Å². The van der Waals surface area contributed by atoms with Crippen molar-refractivity contribution in [2.24, 2.45) is 0 Å². The average molecular weight is 2000 g/mol. The van der Waals surface area contributed by atoms with Crippen molar-refractivity contribution < 1.29 is 72.0 Å². The lowest BCUT2D eigenvalue weighted by molar-refractivity contribution is -0.139. The maximum Gasteiger partial charge on any atom is 0.263 e. The first-order valence-electron chi connectivity index (χ1n) is 41.7. The van der Waals surface area contributed by atoms with E-state index in [4.69, 9.17) is 34.8 Å². The monoisotopic (exact) mass is 2000 g/mol. The molecule has 1 unspecified atom stereocenters. The fourth-order valence-electron chi connectivity index (χ4n) is 16.1. The molecule has 5 N–H and O–H groups in total. The van der Waals surface area contributed by atoms with E-state index in [1.54, 1.807) is 122 Å². The molecule has 4 atom stereocenters. The van der Waals surface area contributed by atoms with E-state index in [9.17, 15) is 62.0 Å². The zero-order valence-corrected chi connectivity index (χ0v) is 78.9. The molecule has 133 heavy (non-hydrogen) atoms. The number of aromatic nitrogens is 7. The molecule has 5 aliphatic rings. The van der Waals surface area contributed by atoms with E-state index < -0.39 is 46.1 Å². The van der Waals surface area contributed by atoms with Gasteiger partial charge in [-0.15, -0.1) is 34.0 Å². The summed E-state index contributed by atoms with van der Waals surface area (Å²) in [5.41, 5.74) is 7.59. The largest absolute Gasteiger partial charge is 0.368 e. The second kappa shape index (κ2) is 40.5. The smallest absolute Gasteiger partial charge is 0.263 e. The molecule has 5 aliphatic heterocycles. The molecular formula is C90H99Cl3FN19O13S7. The summed E-state index contributed by atoms with van der Waals surface area (Å²) < 4.78 is 127. The van der Waals surface area contributed by atoms with Gasteiger partial charge in [0, 0.05) is 172 Å². The quantitative estimate of drug-likeness (QED) is 0.0375. The standard InChI is InChI=1S/C25H25ClN6O3S.C24H22ClN5O4S2.C21H19ClN4O3S2.C20H19FN4O3S2.7H2/c1-18(32-11-9-19-2-3-20(26)16-23(19)32)25(33)31-14-12-30(13-15-31)21-4-6-22(7-5-21)36(34,35)29-24-8-10-27-17-28-24;1-16(29-10-8-17-2-3-18(25)14-21(17)29)23(32)28-11-12-30(22(31)15-28)19-4-6-20(7-5-19)36(33,34)27-24-26-9-13-35-24;22-15-1-6-18-14(13-15)7-10-26(18)19-8-11-25(20(19)27)16-2-4-17(5-3-16)31(28,29)24-21-23-9-12-30-21;21-15-3-1-2-14(12-15)13-23-18-8-10-25(19(18)26)16-4-6-17(7-5-16)30(27,28)24-20-22-9-11-29-20;;;;;;;/h2-11,16-18H,12-15H2,1H3,(H,27,28,29);2-10,13-14,16H,11-12,15H2,1H3,(H,26,27);1-6,9,12-13,19H,7-8,10-11H2,(H,23,24);1-7,9,11-12,18,23H,8,10,13H2,(H,22,24);7*1H/t18-;16-;19-;;;;;;;;/m110......../s1. The Kier molecular flexibility index (Phi) is 28.6. The molecule has 43 heteroatoms. The van der Waals surface area contributed by atoms with Crippen molar-refractivity contribution in [1.82, 2.24) is 49.2 Å². The lowest BCUT2D eigenvalue weighted by atomic mass is 10.1. The van der Waals surface area contributed by atoms with Gasteiger partial charge in [0.25, 0.3) is 40.1 Å². The van der Waals surface area contributed by atoms with Gasteiger partial charge in [0.1, 0.15) is 42.6 Å². The molecule has 0 saturated carbocycles. The number of carbonyl (C=O) groups excluding carboxylic acids is 5. The van der Waals surface area contributed by atoms with E-state index in [-0.39, 0.29) is 101 Å². The molecule has 19 rings (SSSR count). The van der Waals surface area contributed by atoms with Crippen LogP contribution >= 0.6 is 68.8 Å². The number of fused-ring (bicyclic) bond motifs is 3. The van der Waals surface area contributed by atoms with Gasteiger partial charge in [-0.05, 0) is 225 Å². The summed E-state index contributed by atoms with van der Waals surface area (Å²) in [6.45, 7) is 9.08. The first-order valence-corrected chi connectivity index (χ1v) is 51.4. The van der Waals surface area contributed by atoms with Crippen molar-refractivity contribution in [2.45, 2.75) is 83.4 Å². The molecule has 0 aliphatic carbocycles. The van der Waals surface area contributed by atoms with Gasteiger partial charge >= 0.3 is 0 Å². The second-order valence-corrected chi connectivity index (χ2v) is 41.9. The fourth-order valence-corrected chi connectivity index (χ4v) is 23.0. The third kappa shape index (κ3) is 21.9. The van der Waals surface area contributed by atoms with Crippen molar-refractivity contribution in [3.63, 3.8) is 0 Å². The van der Waals surface area contributed by atoms with Crippen LogP contribution in [0.1, 0.15) is 59.9 Å². The number of hydrogen-bond donors (Lipinski definition) is 5. The lowest BCUT2D eigenvalue weighted by Gasteiger charge is -2.37. The number of nitrogens with zero attached hydrogens (tertiary/aromatic N) is 14. The van der Waals surface area contributed by atoms with Gasteiger partial charge in [0.2, 0.25) is 29.5 Å². The topological polar surface area (TPSA) is 379 Å². The molecule has 702 valence electrons. The Bertz CT molecular complexity index is 7100. The average Bonchev–Trinajstić information content (AvgIpc) is 1.62. The minimum absolute atomic E-state index is 0. The Hall–Kier alpha value is -12.5. The van der Waals surface area contributed by atoms with Gasteiger partial charge in [-0.25, -0.2) is 63.0 Å². The summed E-state index contributed by atoms with van der Waals surface area (Å²) >= 11 is 22.0. The van der Waals surface area contributed by atoms with Crippen LogP contribution in [0.25, 0.3) is 21.8 Å². The Morgan fingerprint density at radius 1 is 0.474 bits per heavy atom. The Morgan fingerprint density at radius 2 is 0.940 bits per heavy atom. The highest BCUT2D eigenvalue weighted by molar-refractivity contribution is 7.93. The van der Waals surface area contributed by atoms with E-state index in [0.29, 0.717) is 114 Å². The SMILES string of the molecule is C[C@H](C(=O)N1CCN(c2ccc(S(=O)(=O)Nc3ccncn3)cc2)CC1)n1ccc2ccc(Cl)cc21.C[C@H](C(=O)N1CCN(c2ccc(S(=O)(=O)Nc3nccs3)cc2)C(=O)C1)n1ccc2ccc(Cl)cc21.O=C1C(NCc2cccc(F)c2)CCN1c1ccc(S(=O)(=O)Nc2nccs2)cc1.O=C1[C@@H](N2CCc3cc(Cl)ccc32)CCN1c1ccc(S(=O)(=O)Nc2nccs2)cc1.[HH].[HH].[HH].[HH].[HH].[HH].[HH]. The normalized spacial score (nSPS) is 16.3. The third-order valence-corrected chi connectivity index (χ3v) is 31.5. The van der Waals surface area contributed by atoms with Gasteiger partial charge in [0.05, 0.1) is 36.7 Å². The van der Waals surface area contributed by atoms with Gasteiger partial charge in [-0.3, -0.25) is 42.9 Å². The number of thiazole rings is 3. The number of amides is 5. The molecule has 32 nitrogen and oxygen atoms in total. The highest BCUT2D eigenvalue weighted by Crippen LogP contribution is 2.38. The Balaban J connectivity index is 0.000000206. The second-order valence-electron chi connectivity index (χ2n) is 31.2. The molecule has 6 aromatic heterocycles. The molecular weight excluding hydrogens is 1900 g/mol.